The molecule has 2 atom stereocenters. The van der Waals surface area contributed by atoms with Crippen LogP contribution in [0.3, 0.4) is 0 Å². The number of carbonyl (C=O) groups is 2. The van der Waals surface area contributed by atoms with Crippen molar-refractivity contribution in [2.75, 3.05) is 24.2 Å². The van der Waals surface area contributed by atoms with Crippen molar-refractivity contribution in [3.05, 3.63) is 54.1 Å². The van der Waals surface area contributed by atoms with Crippen molar-refractivity contribution < 1.29 is 9.59 Å². The first-order chi connectivity index (χ1) is 16.3. The van der Waals surface area contributed by atoms with Crippen molar-refractivity contribution >= 4 is 40.3 Å². The molecule has 2 aromatic carbocycles. The van der Waals surface area contributed by atoms with E-state index in [0.717, 1.165) is 36.2 Å². The van der Waals surface area contributed by atoms with Crippen LogP contribution < -0.4 is 5.32 Å². The standard InChI is InChI=1S/C27H34N4O2S/c1-18(2)21-9-11-22(12-10-21)28-25(32)17-34-27-29-23-7-5-6-8-24(23)31(27)16-26(33)30-14-19(3)13-20(4)15-30/h5-12,18-20H,13-17H2,1-4H3,(H,28,32)/t19-,20-/m0/s1. The van der Waals surface area contributed by atoms with Gasteiger partial charge in [0, 0.05) is 18.8 Å². The quantitative estimate of drug-likeness (QED) is 0.462. The van der Waals surface area contributed by atoms with Gasteiger partial charge in [-0.05, 0) is 54.0 Å². The number of thioether (sulfide) groups is 1. The minimum atomic E-state index is -0.0918. The largest absolute Gasteiger partial charge is 0.341 e. The number of imidazole rings is 1. The van der Waals surface area contributed by atoms with Gasteiger partial charge in [0.15, 0.2) is 5.16 Å². The summed E-state index contributed by atoms with van der Waals surface area (Å²) in [6.07, 6.45) is 1.16. The molecular weight excluding hydrogens is 444 g/mol. The number of hydrogen-bond donors (Lipinski definition) is 1. The number of carbonyl (C=O) groups excluding carboxylic acids is 2. The summed E-state index contributed by atoms with van der Waals surface area (Å²) < 4.78 is 1.96. The molecule has 1 N–H and O–H groups in total. The number of nitrogens with zero attached hydrogens (tertiary/aromatic N) is 3. The number of amides is 2. The lowest BCUT2D eigenvalue weighted by atomic mass is 9.92. The summed E-state index contributed by atoms with van der Waals surface area (Å²) in [5.41, 5.74) is 3.78. The zero-order valence-electron chi connectivity index (χ0n) is 20.5. The van der Waals surface area contributed by atoms with E-state index >= 15 is 0 Å². The molecule has 180 valence electrons. The Morgan fingerprint density at radius 2 is 1.74 bits per heavy atom. The van der Waals surface area contributed by atoms with Gasteiger partial charge >= 0.3 is 0 Å². The second kappa shape index (κ2) is 10.6. The molecule has 2 heterocycles. The first kappa shape index (κ1) is 24.3. The van der Waals surface area contributed by atoms with Gasteiger partial charge in [-0.15, -0.1) is 0 Å². The lowest BCUT2D eigenvalue weighted by Crippen LogP contribution is -2.44. The van der Waals surface area contributed by atoms with E-state index in [1.54, 1.807) is 0 Å². The van der Waals surface area contributed by atoms with Gasteiger partial charge in [-0.25, -0.2) is 4.98 Å². The highest BCUT2D eigenvalue weighted by Gasteiger charge is 2.26. The van der Waals surface area contributed by atoms with Crippen molar-refractivity contribution in [2.45, 2.75) is 51.7 Å². The lowest BCUT2D eigenvalue weighted by Gasteiger charge is -2.35. The predicted molar refractivity (Wildman–Crippen MR) is 139 cm³/mol. The summed E-state index contributed by atoms with van der Waals surface area (Å²) in [6.45, 7) is 10.5. The monoisotopic (exact) mass is 478 g/mol. The van der Waals surface area contributed by atoms with Crippen LogP contribution in [0.2, 0.25) is 0 Å². The Labute approximate surface area is 206 Å². The van der Waals surface area contributed by atoms with E-state index in [9.17, 15) is 9.59 Å². The molecule has 0 radical (unpaired) electrons. The fourth-order valence-corrected chi connectivity index (χ4v) is 5.51. The topological polar surface area (TPSA) is 67.2 Å². The maximum Gasteiger partial charge on any atom is 0.242 e. The average Bonchev–Trinajstić information content (AvgIpc) is 3.14. The molecule has 3 aromatic rings. The van der Waals surface area contributed by atoms with Gasteiger partial charge in [0.25, 0.3) is 0 Å². The van der Waals surface area contributed by atoms with E-state index in [-0.39, 0.29) is 24.1 Å². The van der Waals surface area contributed by atoms with E-state index in [1.807, 2.05) is 58.0 Å². The number of aromatic nitrogens is 2. The fourth-order valence-electron chi connectivity index (χ4n) is 4.70. The highest BCUT2D eigenvalue weighted by molar-refractivity contribution is 7.99. The molecule has 7 heteroatoms. The summed E-state index contributed by atoms with van der Waals surface area (Å²) in [4.78, 5) is 32.5. The maximum atomic E-state index is 13.2. The lowest BCUT2D eigenvalue weighted by molar-refractivity contribution is -0.134. The maximum absolute atomic E-state index is 13.2. The Morgan fingerprint density at radius 1 is 1.06 bits per heavy atom. The smallest absolute Gasteiger partial charge is 0.242 e. The third-order valence-electron chi connectivity index (χ3n) is 6.33. The molecular formula is C27H34N4O2S. The number of para-hydroxylation sites is 2. The molecule has 0 saturated carbocycles. The minimum absolute atomic E-state index is 0.0918. The molecule has 0 bridgehead atoms. The van der Waals surface area contributed by atoms with Gasteiger partial charge in [0.2, 0.25) is 11.8 Å². The van der Waals surface area contributed by atoms with Crippen LogP contribution in [0.4, 0.5) is 5.69 Å². The molecule has 1 aliphatic rings. The van der Waals surface area contributed by atoms with E-state index in [0.29, 0.717) is 22.9 Å². The van der Waals surface area contributed by atoms with Crippen molar-refractivity contribution in [2.24, 2.45) is 11.8 Å². The van der Waals surface area contributed by atoms with Crippen LogP contribution in [-0.4, -0.2) is 45.1 Å². The molecule has 1 aromatic heterocycles. The van der Waals surface area contributed by atoms with Crippen LogP contribution in [0, 0.1) is 11.8 Å². The van der Waals surface area contributed by atoms with Gasteiger partial charge in [-0.3, -0.25) is 9.59 Å². The molecule has 4 rings (SSSR count). The average molecular weight is 479 g/mol. The van der Waals surface area contributed by atoms with Crippen LogP contribution >= 0.6 is 11.8 Å². The van der Waals surface area contributed by atoms with Crippen molar-refractivity contribution in [3.63, 3.8) is 0 Å². The first-order valence-corrected chi connectivity index (χ1v) is 13.0. The minimum Gasteiger partial charge on any atom is -0.341 e. The Kier molecular flexibility index (Phi) is 7.61. The Bertz CT molecular complexity index is 1150. The molecule has 34 heavy (non-hydrogen) atoms. The third kappa shape index (κ3) is 5.81. The van der Waals surface area contributed by atoms with E-state index in [4.69, 9.17) is 4.98 Å². The molecule has 1 saturated heterocycles. The molecule has 1 aliphatic heterocycles. The van der Waals surface area contributed by atoms with Crippen LogP contribution in [0.15, 0.2) is 53.7 Å². The zero-order valence-corrected chi connectivity index (χ0v) is 21.3. The highest BCUT2D eigenvalue weighted by Crippen LogP contribution is 2.26. The molecule has 0 spiro atoms. The van der Waals surface area contributed by atoms with Gasteiger partial charge in [-0.1, -0.05) is 63.7 Å². The van der Waals surface area contributed by atoms with Gasteiger partial charge in [-0.2, -0.15) is 0 Å². The van der Waals surface area contributed by atoms with Crippen molar-refractivity contribution in [1.29, 1.82) is 0 Å². The normalized spacial score (nSPS) is 18.4. The Balaban J connectivity index is 1.45. The van der Waals surface area contributed by atoms with E-state index in [1.165, 1.54) is 17.3 Å². The zero-order chi connectivity index (χ0) is 24.2. The van der Waals surface area contributed by atoms with Crippen LogP contribution in [-0.2, 0) is 16.1 Å². The Morgan fingerprint density at radius 3 is 2.41 bits per heavy atom. The third-order valence-corrected chi connectivity index (χ3v) is 7.30. The van der Waals surface area contributed by atoms with Crippen molar-refractivity contribution in [1.82, 2.24) is 14.5 Å². The number of benzene rings is 2. The van der Waals surface area contributed by atoms with Gasteiger partial charge in [0.05, 0.1) is 16.8 Å². The summed E-state index contributed by atoms with van der Waals surface area (Å²) in [5, 5.41) is 3.65. The van der Waals surface area contributed by atoms with E-state index < -0.39 is 0 Å². The summed E-state index contributed by atoms with van der Waals surface area (Å²) >= 11 is 1.37. The van der Waals surface area contributed by atoms with Gasteiger partial charge < -0.3 is 14.8 Å². The second-order valence-corrected chi connectivity index (χ2v) is 10.8. The predicted octanol–water partition coefficient (Wildman–Crippen LogP) is 5.40. The molecule has 0 unspecified atom stereocenters. The molecule has 1 fully saturated rings. The number of hydrogen-bond acceptors (Lipinski definition) is 4. The number of anilines is 1. The van der Waals surface area contributed by atoms with E-state index in [2.05, 4.69) is 33.0 Å². The summed E-state index contributed by atoms with van der Waals surface area (Å²) in [7, 11) is 0. The number of fused-ring (bicyclic) bond motifs is 1. The Hall–Kier alpha value is -2.80. The molecule has 6 nitrogen and oxygen atoms in total. The van der Waals surface area contributed by atoms with Crippen LogP contribution in [0.5, 0.6) is 0 Å². The fraction of sp³-hybridized carbons (Fsp3) is 0.444. The number of nitrogens with one attached hydrogen (secondary N) is 1. The van der Waals surface area contributed by atoms with Crippen molar-refractivity contribution in [3.8, 4) is 0 Å². The molecule has 0 aliphatic carbocycles. The molecule has 2 amide bonds. The number of piperidine rings is 1. The number of likely N-dealkylation sites (tertiary alicyclic amines) is 1. The van der Waals surface area contributed by atoms with Crippen LogP contribution in [0.1, 0.15) is 45.6 Å². The summed E-state index contributed by atoms with van der Waals surface area (Å²) in [5.74, 6) is 1.72. The number of rotatable bonds is 7. The first-order valence-electron chi connectivity index (χ1n) is 12.1. The van der Waals surface area contributed by atoms with Gasteiger partial charge in [0.1, 0.15) is 6.54 Å². The van der Waals surface area contributed by atoms with Crippen LogP contribution in [0.25, 0.3) is 11.0 Å². The SMILES string of the molecule is CC(C)c1ccc(NC(=O)CSc2nc3ccccc3n2CC(=O)N2C[C@@H](C)C[C@H](C)C2)cc1. The highest BCUT2D eigenvalue weighted by atomic mass is 32.2. The second-order valence-electron chi connectivity index (χ2n) is 9.83. The summed E-state index contributed by atoms with van der Waals surface area (Å²) in [6, 6.07) is 15.8.